The quantitative estimate of drug-likeness (QED) is 0.0301. The van der Waals surface area contributed by atoms with Gasteiger partial charge in [0.1, 0.15) is 24.9 Å². The fourth-order valence-corrected chi connectivity index (χ4v) is 11.2. The van der Waals surface area contributed by atoms with E-state index < -0.39 is 84.2 Å². The first kappa shape index (κ1) is 46.0. The van der Waals surface area contributed by atoms with Crippen molar-refractivity contribution in [1.82, 2.24) is 5.32 Å². The van der Waals surface area contributed by atoms with Gasteiger partial charge in [-0.15, -0.1) is 8.67 Å². The van der Waals surface area contributed by atoms with Crippen LogP contribution >= 0.6 is 24.6 Å². The lowest BCUT2D eigenvalue weighted by Crippen LogP contribution is -2.63. The molecule has 0 radical (unpaired) electrons. The molecule has 0 aromatic heterocycles. The number of carboxylic acid groups (broad SMARTS) is 1. The number of ether oxygens (including phenoxy) is 4. The van der Waals surface area contributed by atoms with E-state index in [-0.39, 0.29) is 79.9 Å². The van der Waals surface area contributed by atoms with Gasteiger partial charge in [0.15, 0.2) is 37.0 Å². The predicted molar refractivity (Wildman–Crippen MR) is 191 cm³/mol. The van der Waals surface area contributed by atoms with Gasteiger partial charge in [0.05, 0.1) is 24.5 Å². The zero-order valence-electron chi connectivity index (χ0n) is 32.4. The Hall–Kier alpha value is -2.12. The zero-order valence-corrected chi connectivity index (χ0v) is 34.0. The van der Waals surface area contributed by atoms with Crippen LogP contribution in [0.3, 0.4) is 0 Å². The van der Waals surface area contributed by atoms with E-state index in [1.165, 1.54) is 0 Å². The monoisotopic (exact) mass is 851 g/mol. The zero-order chi connectivity index (χ0) is 41.5. The Morgan fingerprint density at radius 2 is 1.70 bits per heavy atom. The van der Waals surface area contributed by atoms with Crippen molar-refractivity contribution in [1.29, 1.82) is 0 Å². The van der Waals surface area contributed by atoms with Crippen LogP contribution in [0.1, 0.15) is 91.9 Å². The van der Waals surface area contributed by atoms with Gasteiger partial charge in [-0.3, -0.25) is 37.6 Å². The van der Waals surface area contributed by atoms with Crippen LogP contribution in [0, 0.1) is 40.4 Å². The number of carbonyl (C=O) groups is 4. The second kappa shape index (κ2) is 20.4. The summed E-state index contributed by atoms with van der Waals surface area (Å²) in [6, 6.07) is 0. The molecule has 4 aliphatic carbocycles. The van der Waals surface area contributed by atoms with Gasteiger partial charge < -0.3 is 45.0 Å². The fraction of sp³-hybridized carbons (Fsp3) is 0.833. The van der Waals surface area contributed by atoms with E-state index in [1.807, 2.05) is 0 Å². The first-order chi connectivity index (χ1) is 27.2. The number of nitrogens with one attached hydrogen (secondary N) is 1. The fourth-order valence-electron chi connectivity index (χ4n) is 10.4. The summed E-state index contributed by atoms with van der Waals surface area (Å²) in [5, 5.41) is 53.1. The van der Waals surface area contributed by atoms with Crippen LogP contribution in [0.25, 0.3) is 0 Å². The van der Waals surface area contributed by atoms with Crippen molar-refractivity contribution in [3.05, 3.63) is 12.2 Å². The van der Waals surface area contributed by atoms with Crippen LogP contribution in [0.2, 0.25) is 0 Å². The molecule has 19 nitrogen and oxygen atoms in total. The van der Waals surface area contributed by atoms with E-state index in [0.717, 1.165) is 24.8 Å². The summed E-state index contributed by atoms with van der Waals surface area (Å²) in [4.78, 5) is 51.0. The molecule has 5 aliphatic rings. The van der Waals surface area contributed by atoms with Gasteiger partial charge in [-0.05, 0) is 86.5 Å². The van der Waals surface area contributed by atoms with Crippen LogP contribution < -0.4 is 15.8 Å². The SMILES string of the molecule is C=C1C2CCC3C4(C)CC(O[C@H]5O[C@H](COC(=O)CCC(=O)NCC)[C@@H](OSOO[O-])[C@@H](OSOO[O-])C5OC(=O)CC(C)C)CC(C(=O)O)C4CCC3(C2)[C@H]1O. The number of carboxylic acids is 1. The lowest BCUT2D eigenvalue weighted by atomic mass is 9.43. The second-order valence-corrected chi connectivity index (χ2v) is 17.2. The van der Waals surface area contributed by atoms with Crippen molar-refractivity contribution >= 4 is 48.5 Å². The number of carbonyl (C=O) groups excluding carboxylic acids is 3. The molecule has 0 aromatic carbocycles. The Morgan fingerprint density at radius 3 is 2.35 bits per heavy atom. The van der Waals surface area contributed by atoms with Crippen LogP contribution in [-0.4, -0.2) is 90.1 Å². The third kappa shape index (κ3) is 10.4. The maximum absolute atomic E-state index is 13.3. The van der Waals surface area contributed by atoms with Gasteiger partial charge in [-0.2, -0.15) is 0 Å². The average Bonchev–Trinajstić information content (AvgIpc) is 3.33. The minimum absolute atomic E-state index is 0.0317. The lowest BCUT2D eigenvalue weighted by Gasteiger charge is -2.62. The van der Waals surface area contributed by atoms with Gasteiger partial charge in [-0.1, -0.05) is 27.4 Å². The van der Waals surface area contributed by atoms with Crippen LogP contribution in [0.5, 0.6) is 0 Å². The summed E-state index contributed by atoms with van der Waals surface area (Å²) in [7, 11) is 0. The highest BCUT2D eigenvalue weighted by Gasteiger charge is 2.67. The molecule has 8 unspecified atom stereocenters. The number of fused-ring (bicyclic) bond motifs is 3. The molecule has 57 heavy (non-hydrogen) atoms. The number of aliphatic carboxylic acids is 1. The number of aliphatic hydroxyl groups is 1. The Morgan fingerprint density at radius 1 is 1.00 bits per heavy atom. The third-order valence-electron chi connectivity index (χ3n) is 12.6. The minimum Gasteiger partial charge on any atom is -0.691 e. The van der Waals surface area contributed by atoms with E-state index in [0.29, 0.717) is 25.8 Å². The molecule has 3 N–H and O–H groups in total. The topological polar surface area (TPSA) is 259 Å². The van der Waals surface area contributed by atoms with Crippen molar-refractivity contribution in [3.63, 3.8) is 0 Å². The molecule has 324 valence electrons. The average molecular weight is 852 g/mol. The van der Waals surface area contributed by atoms with Crippen molar-refractivity contribution < 1.29 is 86.0 Å². The van der Waals surface area contributed by atoms with Gasteiger partial charge in [0.2, 0.25) is 5.91 Å². The van der Waals surface area contributed by atoms with Gasteiger partial charge in [0.25, 0.3) is 0 Å². The highest BCUT2D eigenvalue weighted by molar-refractivity contribution is 7.90. The Kier molecular flexibility index (Phi) is 16.5. The van der Waals surface area contributed by atoms with Crippen LogP contribution in [0.15, 0.2) is 12.2 Å². The summed E-state index contributed by atoms with van der Waals surface area (Å²) >= 11 is 0.110. The summed E-state index contributed by atoms with van der Waals surface area (Å²) in [6.07, 6.45) is -5.10. The Balaban J connectivity index is 1.47. The van der Waals surface area contributed by atoms with E-state index >= 15 is 0 Å². The Bertz CT molecular complexity index is 1420. The third-order valence-corrected chi connectivity index (χ3v) is 13.4. The summed E-state index contributed by atoms with van der Waals surface area (Å²) in [5.41, 5.74) is -0.189. The van der Waals surface area contributed by atoms with Crippen molar-refractivity contribution in [2.45, 2.75) is 135 Å². The van der Waals surface area contributed by atoms with E-state index in [2.05, 4.69) is 37.6 Å². The molecule has 2 bridgehead atoms. The second-order valence-electron chi connectivity index (χ2n) is 16.3. The minimum atomic E-state index is -1.52. The maximum Gasteiger partial charge on any atom is 0.306 e. The number of hydrogen-bond acceptors (Lipinski definition) is 19. The molecule has 5 fully saturated rings. The lowest BCUT2D eigenvalue weighted by molar-refractivity contribution is -0.778. The highest BCUT2D eigenvalue weighted by atomic mass is 32.2. The number of amides is 1. The number of esters is 2. The smallest absolute Gasteiger partial charge is 0.306 e. The summed E-state index contributed by atoms with van der Waals surface area (Å²) < 4.78 is 44.4. The molecule has 0 aromatic rings. The maximum atomic E-state index is 13.3. The number of rotatable bonds is 20. The van der Waals surface area contributed by atoms with Crippen molar-refractivity contribution in [2.24, 2.45) is 40.4 Å². The van der Waals surface area contributed by atoms with Gasteiger partial charge >= 0.3 is 17.9 Å². The van der Waals surface area contributed by atoms with E-state index in [1.54, 1.807) is 20.8 Å². The van der Waals surface area contributed by atoms with Crippen molar-refractivity contribution in [3.8, 4) is 0 Å². The standard InChI is InChI=1S/C36H55NO18S2/c1-6-37-26(38)9-10-27(39)46-17-24-29(50-56-54-52-44)30(51-57-55-53-45)31(49-28(40)13-18(2)3)34(48-24)47-21-14-22(33(42)43)23-11-12-36-15-20(19(4)32(36)41)7-8-25(36)35(23,5)16-21/h18,20-25,29-32,34,41,44-45H,4,6-17H2,1-3,5H3,(H,37,38)(H,42,43)/p-2/t20?,21?,22?,23?,24-,25?,29-,30-,31?,32+,34+,35?,36?/m1/s1. The number of aliphatic hydroxyl groups excluding tert-OH is 1. The van der Waals surface area contributed by atoms with E-state index in [9.17, 15) is 39.9 Å². The molecule has 13 atom stereocenters. The molecule has 1 aliphatic heterocycles. The first-order valence-corrected chi connectivity index (χ1v) is 20.6. The summed E-state index contributed by atoms with van der Waals surface area (Å²) in [6.45, 7) is 11.4. The molecular weight excluding hydrogens is 799 g/mol. The van der Waals surface area contributed by atoms with Crippen LogP contribution in [-0.2, 0) is 65.2 Å². The molecule has 21 heteroatoms. The summed E-state index contributed by atoms with van der Waals surface area (Å²) in [5.74, 6) is -3.83. The Labute approximate surface area is 339 Å². The van der Waals surface area contributed by atoms with Gasteiger partial charge in [0, 0.05) is 24.8 Å². The van der Waals surface area contributed by atoms with E-state index in [4.69, 9.17) is 27.3 Å². The molecule has 1 heterocycles. The molecule has 1 amide bonds. The van der Waals surface area contributed by atoms with Gasteiger partial charge in [-0.25, -0.2) is 0 Å². The normalized spacial score (nSPS) is 37.3. The first-order valence-electron chi connectivity index (χ1n) is 19.3. The molecule has 4 saturated carbocycles. The largest absolute Gasteiger partial charge is 0.691 e. The molecule has 5 rings (SSSR count). The van der Waals surface area contributed by atoms with Crippen molar-refractivity contribution in [2.75, 3.05) is 13.2 Å². The molecule has 1 saturated heterocycles. The predicted octanol–water partition coefficient (Wildman–Crippen LogP) is 2.10. The number of hydrogen-bond donors (Lipinski definition) is 3. The molecular formula is C36H53NO18S2-2. The molecule has 1 spiro atoms. The van der Waals surface area contributed by atoms with Crippen LogP contribution in [0.4, 0.5) is 0 Å². The highest BCUT2D eigenvalue weighted by Crippen LogP contribution is 2.70.